The summed E-state index contributed by atoms with van der Waals surface area (Å²) in [6.45, 7) is 4.96. The van der Waals surface area contributed by atoms with E-state index in [4.69, 9.17) is 4.74 Å². The monoisotopic (exact) mass is 313 g/mol. The molecule has 0 unspecified atom stereocenters. The third-order valence-electron chi connectivity index (χ3n) is 3.76. The highest BCUT2D eigenvalue weighted by atomic mass is 16.5. The molecule has 2 heterocycles. The van der Waals surface area contributed by atoms with E-state index in [1.165, 1.54) is 0 Å². The number of carbonyl (C=O) groups excluding carboxylic acids is 1. The lowest BCUT2D eigenvalue weighted by Crippen LogP contribution is -2.36. The molecule has 23 heavy (non-hydrogen) atoms. The van der Waals surface area contributed by atoms with Crippen molar-refractivity contribution in [3.8, 4) is 5.75 Å². The lowest BCUT2D eigenvalue weighted by Gasteiger charge is -2.28. The molecule has 1 aliphatic rings. The topological polar surface area (TPSA) is 74.7 Å². The second-order valence-electron chi connectivity index (χ2n) is 5.48. The van der Waals surface area contributed by atoms with Gasteiger partial charge in [0.05, 0.1) is 30.7 Å². The van der Waals surface area contributed by atoms with Crippen molar-refractivity contribution in [2.45, 2.75) is 6.92 Å². The van der Waals surface area contributed by atoms with Gasteiger partial charge in [0.1, 0.15) is 11.6 Å². The molecule has 1 aliphatic heterocycles. The molecule has 0 radical (unpaired) electrons. The molecule has 0 spiro atoms. The van der Waals surface area contributed by atoms with Crippen LogP contribution < -0.4 is 10.2 Å². The third kappa shape index (κ3) is 3.60. The number of morpholine rings is 1. The summed E-state index contributed by atoms with van der Waals surface area (Å²) in [5.41, 5.74) is 2.13. The van der Waals surface area contributed by atoms with Crippen LogP contribution in [0.25, 0.3) is 0 Å². The maximum Gasteiger partial charge on any atom is 0.260 e. The van der Waals surface area contributed by atoms with Gasteiger partial charge in [-0.2, -0.15) is 0 Å². The first kappa shape index (κ1) is 15.3. The van der Waals surface area contributed by atoms with Crippen LogP contribution in [-0.2, 0) is 4.74 Å². The fourth-order valence-corrected chi connectivity index (χ4v) is 2.49. The van der Waals surface area contributed by atoms with E-state index in [2.05, 4.69) is 15.2 Å². The smallest absolute Gasteiger partial charge is 0.260 e. The molecule has 0 bridgehead atoms. The maximum atomic E-state index is 12.2. The SMILES string of the molecule is Cc1ccc(C(=O)Nc2ccc(N3CCOCC3)cn2)c(O)c1. The van der Waals surface area contributed by atoms with Crippen LogP contribution in [0.2, 0.25) is 0 Å². The van der Waals surface area contributed by atoms with Crippen LogP contribution in [-0.4, -0.2) is 42.3 Å². The van der Waals surface area contributed by atoms with Crippen LogP contribution in [0, 0.1) is 6.92 Å². The van der Waals surface area contributed by atoms with Gasteiger partial charge in [-0.1, -0.05) is 6.07 Å². The van der Waals surface area contributed by atoms with E-state index in [9.17, 15) is 9.90 Å². The molecule has 1 fully saturated rings. The van der Waals surface area contributed by atoms with E-state index < -0.39 is 0 Å². The summed E-state index contributed by atoms with van der Waals surface area (Å²) < 4.78 is 5.32. The van der Waals surface area contributed by atoms with Crippen LogP contribution in [0.15, 0.2) is 36.5 Å². The first-order valence-corrected chi connectivity index (χ1v) is 7.53. The maximum absolute atomic E-state index is 12.2. The van der Waals surface area contributed by atoms with Crippen molar-refractivity contribution < 1.29 is 14.6 Å². The fraction of sp³-hybridized carbons (Fsp3) is 0.294. The number of nitrogens with zero attached hydrogens (tertiary/aromatic N) is 2. The second kappa shape index (κ2) is 6.66. The number of aryl methyl sites for hydroxylation is 1. The zero-order chi connectivity index (χ0) is 16.2. The average Bonchev–Trinajstić information content (AvgIpc) is 2.56. The van der Waals surface area contributed by atoms with Gasteiger partial charge in [-0.05, 0) is 36.8 Å². The minimum absolute atomic E-state index is 0.0348. The molecule has 1 saturated heterocycles. The van der Waals surface area contributed by atoms with Gasteiger partial charge in [0.15, 0.2) is 0 Å². The number of phenolic OH excluding ortho intramolecular Hbond substituents is 1. The Balaban J connectivity index is 1.69. The van der Waals surface area contributed by atoms with Gasteiger partial charge in [0.25, 0.3) is 5.91 Å². The van der Waals surface area contributed by atoms with Crippen molar-refractivity contribution in [3.63, 3.8) is 0 Å². The molecule has 2 aromatic rings. The highest BCUT2D eigenvalue weighted by Crippen LogP contribution is 2.21. The van der Waals surface area contributed by atoms with Crippen molar-refractivity contribution in [1.82, 2.24) is 4.98 Å². The number of benzene rings is 1. The molecule has 6 heteroatoms. The molecule has 1 aromatic heterocycles. The number of ether oxygens (including phenoxy) is 1. The Bertz CT molecular complexity index is 695. The van der Waals surface area contributed by atoms with Crippen LogP contribution in [0.4, 0.5) is 11.5 Å². The number of hydrogen-bond acceptors (Lipinski definition) is 5. The number of phenols is 1. The molecule has 3 rings (SSSR count). The summed E-state index contributed by atoms with van der Waals surface area (Å²) in [6.07, 6.45) is 1.73. The summed E-state index contributed by atoms with van der Waals surface area (Å²) >= 11 is 0. The summed E-state index contributed by atoms with van der Waals surface area (Å²) in [6, 6.07) is 8.62. The van der Waals surface area contributed by atoms with Crippen molar-refractivity contribution in [3.05, 3.63) is 47.7 Å². The molecule has 1 aromatic carbocycles. The fourth-order valence-electron chi connectivity index (χ4n) is 2.49. The second-order valence-corrected chi connectivity index (χ2v) is 5.48. The van der Waals surface area contributed by atoms with E-state index in [1.807, 2.05) is 13.0 Å². The number of hydrogen-bond donors (Lipinski definition) is 2. The molecular formula is C17H19N3O3. The van der Waals surface area contributed by atoms with E-state index in [-0.39, 0.29) is 17.2 Å². The average molecular weight is 313 g/mol. The molecule has 6 nitrogen and oxygen atoms in total. The van der Waals surface area contributed by atoms with E-state index in [0.29, 0.717) is 19.0 Å². The largest absolute Gasteiger partial charge is 0.507 e. The Kier molecular flexibility index (Phi) is 4.43. The van der Waals surface area contributed by atoms with Crippen molar-refractivity contribution in [2.24, 2.45) is 0 Å². The van der Waals surface area contributed by atoms with Crippen molar-refractivity contribution in [2.75, 3.05) is 36.5 Å². The third-order valence-corrected chi connectivity index (χ3v) is 3.76. The van der Waals surface area contributed by atoms with Gasteiger partial charge >= 0.3 is 0 Å². The quantitative estimate of drug-likeness (QED) is 0.908. The number of aromatic hydroxyl groups is 1. The first-order chi connectivity index (χ1) is 11.1. The number of carbonyl (C=O) groups is 1. The molecule has 0 aliphatic carbocycles. The van der Waals surface area contributed by atoms with Crippen molar-refractivity contribution in [1.29, 1.82) is 0 Å². The Morgan fingerprint density at radius 3 is 2.70 bits per heavy atom. The van der Waals surface area contributed by atoms with Crippen molar-refractivity contribution >= 4 is 17.4 Å². The van der Waals surface area contributed by atoms with Gasteiger partial charge in [0, 0.05) is 13.1 Å². The number of anilines is 2. The summed E-state index contributed by atoms with van der Waals surface area (Å²) in [7, 11) is 0. The molecular weight excluding hydrogens is 294 g/mol. The van der Waals surface area contributed by atoms with Crippen LogP contribution in [0.1, 0.15) is 15.9 Å². The highest BCUT2D eigenvalue weighted by molar-refractivity contribution is 6.05. The number of pyridine rings is 1. The minimum atomic E-state index is -0.380. The van der Waals surface area contributed by atoms with E-state index >= 15 is 0 Å². The van der Waals surface area contributed by atoms with Crippen LogP contribution in [0.5, 0.6) is 5.75 Å². The Morgan fingerprint density at radius 2 is 2.04 bits per heavy atom. The molecule has 120 valence electrons. The first-order valence-electron chi connectivity index (χ1n) is 7.53. The Hall–Kier alpha value is -2.60. The molecule has 0 atom stereocenters. The predicted molar refractivity (Wildman–Crippen MR) is 88.1 cm³/mol. The summed E-state index contributed by atoms with van der Waals surface area (Å²) in [5, 5.41) is 12.5. The van der Waals surface area contributed by atoms with Gasteiger partial charge in [0.2, 0.25) is 0 Å². The molecule has 1 amide bonds. The normalized spacial score (nSPS) is 14.6. The van der Waals surface area contributed by atoms with Gasteiger partial charge in [-0.3, -0.25) is 4.79 Å². The zero-order valence-electron chi connectivity index (χ0n) is 13.0. The minimum Gasteiger partial charge on any atom is -0.507 e. The summed E-state index contributed by atoms with van der Waals surface area (Å²) in [5.74, 6) is 0.0357. The zero-order valence-corrected chi connectivity index (χ0v) is 13.0. The van der Waals surface area contributed by atoms with E-state index in [1.54, 1.807) is 30.5 Å². The van der Waals surface area contributed by atoms with E-state index in [0.717, 1.165) is 24.3 Å². The standard InChI is InChI=1S/C17H19N3O3/c1-12-2-4-14(15(21)10-12)17(22)19-16-5-3-13(11-18-16)20-6-8-23-9-7-20/h2-5,10-11,21H,6-9H2,1H3,(H,18,19,22). The molecule has 2 N–H and O–H groups in total. The Labute approximate surface area is 134 Å². The Morgan fingerprint density at radius 1 is 1.26 bits per heavy atom. The highest BCUT2D eigenvalue weighted by Gasteiger charge is 2.14. The number of rotatable bonds is 3. The number of nitrogens with one attached hydrogen (secondary N) is 1. The summed E-state index contributed by atoms with van der Waals surface area (Å²) in [4.78, 5) is 18.7. The lowest BCUT2D eigenvalue weighted by atomic mass is 10.1. The van der Waals surface area contributed by atoms with Crippen LogP contribution in [0.3, 0.4) is 0 Å². The van der Waals surface area contributed by atoms with Gasteiger partial charge in [-0.25, -0.2) is 4.98 Å². The predicted octanol–water partition coefficient (Wildman–Crippen LogP) is 2.18. The van der Waals surface area contributed by atoms with Crippen LogP contribution >= 0.6 is 0 Å². The molecule has 0 saturated carbocycles. The van der Waals surface area contributed by atoms with Gasteiger partial charge < -0.3 is 20.1 Å². The number of amides is 1. The number of aromatic nitrogens is 1. The lowest BCUT2D eigenvalue weighted by molar-refractivity contribution is 0.102. The van der Waals surface area contributed by atoms with Gasteiger partial charge in [-0.15, -0.1) is 0 Å².